The number of hydrogen-bond acceptors (Lipinski definition) is 4. The Morgan fingerprint density at radius 2 is 1.65 bits per heavy atom. The predicted molar refractivity (Wildman–Crippen MR) is 127 cm³/mol. The van der Waals surface area contributed by atoms with Crippen molar-refractivity contribution in [1.82, 2.24) is 14.9 Å². The number of thioether (sulfide) groups is 1. The van der Waals surface area contributed by atoms with Crippen molar-refractivity contribution >= 4 is 28.6 Å². The Kier molecular flexibility index (Phi) is 7.41. The molecule has 6 heteroatoms. The highest BCUT2D eigenvalue weighted by atomic mass is 32.2. The molecule has 1 aromatic heterocycles. The van der Waals surface area contributed by atoms with E-state index in [2.05, 4.69) is 5.32 Å². The van der Waals surface area contributed by atoms with E-state index in [0.717, 1.165) is 18.4 Å². The molecule has 1 N–H and O–H groups in total. The fourth-order valence-corrected chi connectivity index (χ4v) is 4.97. The van der Waals surface area contributed by atoms with Gasteiger partial charge in [-0.3, -0.25) is 14.2 Å². The second-order valence-electron chi connectivity index (χ2n) is 8.19. The van der Waals surface area contributed by atoms with E-state index in [4.69, 9.17) is 4.98 Å². The summed E-state index contributed by atoms with van der Waals surface area (Å²) in [5.74, 6) is 0.278. The molecule has 1 saturated carbocycles. The summed E-state index contributed by atoms with van der Waals surface area (Å²) >= 11 is 1.34. The maximum atomic E-state index is 13.2. The molecule has 3 aromatic rings. The van der Waals surface area contributed by atoms with Crippen LogP contribution in [-0.2, 0) is 11.3 Å². The number of carbonyl (C=O) groups is 1. The zero-order valence-electron chi connectivity index (χ0n) is 17.8. The summed E-state index contributed by atoms with van der Waals surface area (Å²) in [6.07, 6.45) is 8.31. The van der Waals surface area contributed by atoms with E-state index >= 15 is 0 Å². The summed E-state index contributed by atoms with van der Waals surface area (Å²) in [6.45, 7) is 0.435. The number of carbonyl (C=O) groups excluding carboxylic acids is 1. The molecule has 0 unspecified atom stereocenters. The monoisotopic (exact) mass is 435 g/mol. The number of benzene rings is 2. The maximum Gasteiger partial charge on any atom is 0.262 e. The first kappa shape index (κ1) is 21.6. The van der Waals surface area contributed by atoms with Crippen LogP contribution in [0, 0.1) is 0 Å². The van der Waals surface area contributed by atoms with E-state index < -0.39 is 0 Å². The van der Waals surface area contributed by atoms with Crippen LogP contribution >= 0.6 is 11.8 Å². The summed E-state index contributed by atoms with van der Waals surface area (Å²) in [5, 5.41) is 4.39. The first-order chi connectivity index (χ1) is 15.2. The number of para-hydroxylation sites is 1. The van der Waals surface area contributed by atoms with Gasteiger partial charge in [-0.15, -0.1) is 0 Å². The molecule has 0 spiro atoms. The molecular formula is C25H29N3O2S. The van der Waals surface area contributed by atoms with Crippen LogP contribution in [0.1, 0.15) is 50.5 Å². The quantitative estimate of drug-likeness (QED) is 0.448. The molecule has 0 aliphatic heterocycles. The van der Waals surface area contributed by atoms with Gasteiger partial charge < -0.3 is 5.32 Å². The summed E-state index contributed by atoms with van der Waals surface area (Å²) in [4.78, 5) is 30.6. The molecule has 1 fully saturated rings. The fraction of sp³-hybridized carbons (Fsp3) is 0.400. The average molecular weight is 436 g/mol. The minimum Gasteiger partial charge on any atom is -0.353 e. The molecule has 1 aliphatic carbocycles. The van der Waals surface area contributed by atoms with Crippen LogP contribution in [0.2, 0.25) is 0 Å². The molecule has 2 aromatic carbocycles. The predicted octanol–water partition coefficient (Wildman–Crippen LogP) is 4.77. The number of rotatable bonds is 6. The standard InChI is InChI=1S/C25H29N3O2S/c29-23(26-20-13-7-2-1-3-8-14-20)18-31-25-27-22-16-10-9-15-21(22)24(30)28(25)17-19-11-5-4-6-12-19/h4-6,9-12,15-16,20H,1-3,7-8,13-14,17-18H2,(H,26,29). The third kappa shape index (κ3) is 5.76. The van der Waals surface area contributed by atoms with E-state index in [-0.39, 0.29) is 23.3 Å². The number of amides is 1. The van der Waals surface area contributed by atoms with Gasteiger partial charge in [0.05, 0.1) is 23.2 Å². The van der Waals surface area contributed by atoms with Gasteiger partial charge in [-0.2, -0.15) is 0 Å². The van der Waals surface area contributed by atoms with Gasteiger partial charge in [-0.25, -0.2) is 4.98 Å². The Morgan fingerprint density at radius 1 is 0.968 bits per heavy atom. The molecule has 0 atom stereocenters. The second-order valence-corrected chi connectivity index (χ2v) is 9.13. The van der Waals surface area contributed by atoms with E-state index in [1.807, 2.05) is 54.6 Å². The zero-order valence-corrected chi connectivity index (χ0v) is 18.6. The van der Waals surface area contributed by atoms with E-state index in [9.17, 15) is 9.59 Å². The van der Waals surface area contributed by atoms with Crippen LogP contribution in [0.5, 0.6) is 0 Å². The van der Waals surface area contributed by atoms with Gasteiger partial charge in [-0.05, 0) is 30.5 Å². The van der Waals surface area contributed by atoms with Crippen molar-refractivity contribution in [1.29, 1.82) is 0 Å². The Morgan fingerprint density at radius 3 is 2.42 bits per heavy atom. The van der Waals surface area contributed by atoms with Crippen molar-refractivity contribution in [2.45, 2.75) is 62.7 Å². The fourth-order valence-electron chi connectivity index (χ4n) is 4.16. The van der Waals surface area contributed by atoms with E-state index in [0.29, 0.717) is 22.6 Å². The highest BCUT2D eigenvalue weighted by Crippen LogP contribution is 2.20. The van der Waals surface area contributed by atoms with Gasteiger partial charge in [0.1, 0.15) is 0 Å². The molecule has 31 heavy (non-hydrogen) atoms. The number of hydrogen-bond donors (Lipinski definition) is 1. The molecule has 5 nitrogen and oxygen atoms in total. The molecule has 1 aliphatic rings. The Labute approximate surface area is 187 Å². The van der Waals surface area contributed by atoms with Crippen LogP contribution in [0.4, 0.5) is 0 Å². The first-order valence-corrected chi connectivity index (χ1v) is 12.1. The number of aromatic nitrogens is 2. The van der Waals surface area contributed by atoms with Crippen molar-refractivity contribution in [3.05, 3.63) is 70.5 Å². The summed E-state index contributed by atoms with van der Waals surface area (Å²) in [5.41, 5.74) is 1.62. The minimum absolute atomic E-state index is 0.0178. The Hall–Kier alpha value is -2.60. The average Bonchev–Trinajstić information content (AvgIpc) is 2.77. The highest BCUT2D eigenvalue weighted by molar-refractivity contribution is 7.99. The van der Waals surface area contributed by atoms with Crippen molar-refractivity contribution in [2.75, 3.05) is 5.75 Å². The molecule has 162 valence electrons. The number of nitrogens with one attached hydrogen (secondary N) is 1. The van der Waals surface area contributed by atoms with Crippen LogP contribution in [0.3, 0.4) is 0 Å². The summed E-state index contributed by atoms with van der Waals surface area (Å²) < 4.78 is 1.69. The van der Waals surface area contributed by atoms with Crippen LogP contribution < -0.4 is 10.9 Å². The molecule has 0 radical (unpaired) electrons. The summed E-state index contributed by atoms with van der Waals surface area (Å²) in [6, 6.07) is 17.5. The SMILES string of the molecule is O=C(CSc1nc2ccccc2c(=O)n1Cc1ccccc1)NC1CCCCCCC1. The molecule has 4 rings (SSSR count). The van der Waals surface area contributed by atoms with Crippen molar-refractivity contribution in [2.24, 2.45) is 0 Å². The van der Waals surface area contributed by atoms with Crippen molar-refractivity contribution in [3.8, 4) is 0 Å². The van der Waals surface area contributed by atoms with Gasteiger partial charge in [0, 0.05) is 6.04 Å². The normalized spacial score (nSPS) is 15.4. The maximum absolute atomic E-state index is 13.2. The molecular weight excluding hydrogens is 406 g/mol. The van der Waals surface area contributed by atoms with E-state index in [1.165, 1.54) is 43.9 Å². The van der Waals surface area contributed by atoms with Gasteiger partial charge >= 0.3 is 0 Å². The second kappa shape index (κ2) is 10.6. The Balaban J connectivity index is 1.52. The third-order valence-corrected chi connectivity index (χ3v) is 6.79. The number of nitrogens with zero attached hydrogens (tertiary/aromatic N) is 2. The molecule has 0 saturated heterocycles. The lowest BCUT2D eigenvalue weighted by Crippen LogP contribution is -2.36. The molecule has 1 heterocycles. The number of fused-ring (bicyclic) bond motifs is 1. The van der Waals surface area contributed by atoms with Crippen molar-refractivity contribution < 1.29 is 4.79 Å². The Bertz CT molecular complexity index is 1070. The largest absolute Gasteiger partial charge is 0.353 e. The van der Waals surface area contributed by atoms with Crippen molar-refractivity contribution in [3.63, 3.8) is 0 Å². The van der Waals surface area contributed by atoms with E-state index in [1.54, 1.807) is 4.57 Å². The van der Waals surface area contributed by atoms with Gasteiger partial charge in [-0.1, -0.05) is 86.3 Å². The van der Waals surface area contributed by atoms with Crippen LogP contribution in [-0.4, -0.2) is 27.3 Å². The lowest BCUT2D eigenvalue weighted by molar-refractivity contribution is -0.119. The van der Waals surface area contributed by atoms with Gasteiger partial charge in [0.15, 0.2) is 5.16 Å². The topological polar surface area (TPSA) is 64.0 Å². The lowest BCUT2D eigenvalue weighted by Gasteiger charge is -2.21. The first-order valence-electron chi connectivity index (χ1n) is 11.2. The van der Waals surface area contributed by atoms with Crippen LogP contribution in [0.15, 0.2) is 64.5 Å². The third-order valence-electron chi connectivity index (χ3n) is 5.81. The molecule has 0 bridgehead atoms. The zero-order chi connectivity index (χ0) is 21.5. The smallest absolute Gasteiger partial charge is 0.262 e. The molecule has 1 amide bonds. The van der Waals surface area contributed by atoms with Gasteiger partial charge in [0.2, 0.25) is 5.91 Å². The minimum atomic E-state index is -0.0719. The van der Waals surface area contributed by atoms with Crippen LogP contribution in [0.25, 0.3) is 10.9 Å². The lowest BCUT2D eigenvalue weighted by atomic mass is 9.97. The summed E-state index contributed by atoms with van der Waals surface area (Å²) in [7, 11) is 0. The highest BCUT2D eigenvalue weighted by Gasteiger charge is 2.17. The van der Waals surface area contributed by atoms with Gasteiger partial charge in [0.25, 0.3) is 5.56 Å².